The van der Waals surface area contributed by atoms with Crippen LogP contribution in [0.25, 0.3) is 0 Å². The Kier molecular flexibility index (Phi) is 5.20. The molecule has 5 heteroatoms. The molecular weight excluding hydrogens is 270 g/mol. The molecule has 5 nitrogen and oxygen atoms in total. The highest BCUT2D eigenvalue weighted by molar-refractivity contribution is 5.95. The molecule has 2 rings (SSSR count). The van der Waals surface area contributed by atoms with Gasteiger partial charge in [-0.15, -0.1) is 0 Å². The fraction of sp³-hybridized carbons (Fsp3) is 0.500. The second-order valence-corrected chi connectivity index (χ2v) is 5.28. The van der Waals surface area contributed by atoms with E-state index in [0.29, 0.717) is 11.4 Å². The first-order valence-corrected chi connectivity index (χ1v) is 7.25. The zero-order valence-electron chi connectivity index (χ0n) is 12.4. The molecule has 0 heterocycles. The third-order valence-electron chi connectivity index (χ3n) is 3.69. The molecule has 1 aliphatic carbocycles. The normalized spacial score (nSPS) is 16.3. The number of amides is 1. The molecule has 0 spiro atoms. The van der Waals surface area contributed by atoms with Crippen molar-refractivity contribution in [3.05, 3.63) is 24.3 Å². The van der Waals surface area contributed by atoms with Gasteiger partial charge in [0.1, 0.15) is 5.75 Å². The van der Waals surface area contributed by atoms with Crippen molar-refractivity contribution in [2.75, 3.05) is 12.4 Å². The summed E-state index contributed by atoms with van der Waals surface area (Å²) >= 11 is 0. The van der Waals surface area contributed by atoms with Gasteiger partial charge in [-0.25, -0.2) is 0 Å². The number of nitrogens with one attached hydrogen (secondary N) is 1. The number of carbonyl (C=O) groups is 2. The van der Waals surface area contributed by atoms with E-state index < -0.39 is 6.10 Å². The molecule has 1 saturated carbocycles. The third kappa shape index (κ3) is 4.21. The van der Waals surface area contributed by atoms with Gasteiger partial charge < -0.3 is 14.8 Å². The van der Waals surface area contributed by atoms with Gasteiger partial charge in [-0.3, -0.25) is 9.59 Å². The number of hydrogen-bond donors (Lipinski definition) is 1. The average molecular weight is 291 g/mol. The smallest absolute Gasteiger partial charge is 0.309 e. The van der Waals surface area contributed by atoms with Gasteiger partial charge in [0.25, 0.3) is 5.91 Å². The summed E-state index contributed by atoms with van der Waals surface area (Å²) in [6.07, 6.45) is 3.05. The third-order valence-corrected chi connectivity index (χ3v) is 3.69. The fourth-order valence-corrected chi connectivity index (χ4v) is 2.43. The molecular formula is C16H21NO4. The number of methoxy groups -OCH3 is 1. The molecule has 1 atom stereocenters. The molecule has 1 fully saturated rings. The zero-order chi connectivity index (χ0) is 15.2. The quantitative estimate of drug-likeness (QED) is 0.847. The van der Waals surface area contributed by atoms with Crippen LogP contribution in [0.4, 0.5) is 5.69 Å². The van der Waals surface area contributed by atoms with Gasteiger partial charge in [-0.1, -0.05) is 18.9 Å². The van der Waals surface area contributed by atoms with Crippen molar-refractivity contribution in [1.82, 2.24) is 0 Å². The van der Waals surface area contributed by atoms with Crippen molar-refractivity contribution >= 4 is 17.6 Å². The molecule has 1 amide bonds. The molecule has 0 aliphatic heterocycles. The van der Waals surface area contributed by atoms with Crippen molar-refractivity contribution in [2.45, 2.75) is 38.7 Å². The standard InChI is InChI=1S/C16H21NO4/c1-11(21-16(19)12-6-3-4-7-12)15(18)17-13-8-5-9-14(10-13)20-2/h5,8-12H,3-4,6-7H2,1-2H3,(H,17,18). The summed E-state index contributed by atoms with van der Waals surface area (Å²) in [5.41, 5.74) is 0.614. The molecule has 1 aromatic carbocycles. The summed E-state index contributed by atoms with van der Waals surface area (Å²) in [6.45, 7) is 1.59. The van der Waals surface area contributed by atoms with Crippen molar-refractivity contribution in [2.24, 2.45) is 5.92 Å². The number of ether oxygens (including phenoxy) is 2. The Labute approximate surface area is 124 Å². The Morgan fingerprint density at radius 2 is 2.00 bits per heavy atom. The van der Waals surface area contributed by atoms with Gasteiger partial charge in [0, 0.05) is 11.8 Å². The molecule has 0 bridgehead atoms. The lowest BCUT2D eigenvalue weighted by Gasteiger charge is -2.16. The molecule has 1 unspecified atom stereocenters. The second kappa shape index (κ2) is 7.11. The van der Waals surface area contributed by atoms with Crippen molar-refractivity contribution < 1.29 is 19.1 Å². The minimum absolute atomic E-state index is 0.0444. The summed E-state index contributed by atoms with van der Waals surface area (Å²) in [7, 11) is 1.56. The van der Waals surface area contributed by atoms with Gasteiger partial charge in [0.2, 0.25) is 0 Å². The summed E-state index contributed by atoms with van der Waals surface area (Å²) < 4.78 is 10.3. The van der Waals surface area contributed by atoms with E-state index in [1.165, 1.54) is 0 Å². The van der Waals surface area contributed by atoms with Gasteiger partial charge in [-0.2, -0.15) is 0 Å². The van der Waals surface area contributed by atoms with E-state index in [1.54, 1.807) is 38.3 Å². The zero-order valence-corrected chi connectivity index (χ0v) is 12.4. The largest absolute Gasteiger partial charge is 0.497 e. The predicted octanol–water partition coefficient (Wildman–Crippen LogP) is 2.76. The molecule has 0 saturated heterocycles. The van der Waals surface area contributed by atoms with Gasteiger partial charge in [0.05, 0.1) is 13.0 Å². The predicted molar refractivity (Wildman–Crippen MR) is 79.1 cm³/mol. The van der Waals surface area contributed by atoms with Crippen molar-refractivity contribution in [1.29, 1.82) is 0 Å². The number of esters is 1. The van der Waals surface area contributed by atoms with Crippen LogP contribution < -0.4 is 10.1 Å². The number of benzene rings is 1. The SMILES string of the molecule is COc1cccc(NC(=O)C(C)OC(=O)C2CCCC2)c1. The molecule has 21 heavy (non-hydrogen) atoms. The van der Waals surface area contributed by atoms with Crippen LogP contribution in [-0.4, -0.2) is 25.1 Å². The maximum atomic E-state index is 12.0. The van der Waals surface area contributed by atoms with E-state index in [4.69, 9.17) is 9.47 Å². The minimum atomic E-state index is -0.802. The molecule has 0 aromatic heterocycles. The number of carbonyl (C=O) groups excluding carboxylic acids is 2. The van der Waals surface area contributed by atoms with Crippen LogP contribution in [0.5, 0.6) is 5.75 Å². The number of rotatable bonds is 5. The maximum Gasteiger partial charge on any atom is 0.309 e. The van der Waals surface area contributed by atoms with E-state index in [1.807, 2.05) is 0 Å². The van der Waals surface area contributed by atoms with Gasteiger partial charge >= 0.3 is 5.97 Å². The topological polar surface area (TPSA) is 64.6 Å². The first-order chi connectivity index (χ1) is 10.1. The molecule has 114 valence electrons. The van der Waals surface area contributed by atoms with E-state index in [9.17, 15) is 9.59 Å². The van der Waals surface area contributed by atoms with Gasteiger partial charge in [-0.05, 0) is 31.9 Å². The van der Waals surface area contributed by atoms with Crippen LogP contribution in [0.15, 0.2) is 24.3 Å². The monoisotopic (exact) mass is 291 g/mol. The van der Waals surface area contributed by atoms with E-state index >= 15 is 0 Å². The summed E-state index contributed by atoms with van der Waals surface area (Å²) in [4.78, 5) is 23.9. The van der Waals surface area contributed by atoms with E-state index in [0.717, 1.165) is 25.7 Å². The Hall–Kier alpha value is -2.04. The summed E-state index contributed by atoms with van der Waals surface area (Å²) in [5, 5.41) is 2.72. The lowest BCUT2D eigenvalue weighted by atomic mass is 10.1. The lowest BCUT2D eigenvalue weighted by Crippen LogP contribution is -2.31. The van der Waals surface area contributed by atoms with E-state index in [2.05, 4.69) is 5.32 Å². The Bertz CT molecular complexity index is 509. The number of anilines is 1. The first-order valence-electron chi connectivity index (χ1n) is 7.25. The second-order valence-electron chi connectivity index (χ2n) is 5.28. The van der Waals surface area contributed by atoms with Crippen LogP contribution in [0, 0.1) is 5.92 Å². The highest BCUT2D eigenvalue weighted by Gasteiger charge is 2.27. The minimum Gasteiger partial charge on any atom is -0.497 e. The van der Waals surface area contributed by atoms with Crippen LogP contribution in [0.2, 0.25) is 0 Å². The summed E-state index contributed by atoms with van der Waals surface area (Å²) in [6, 6.07) is 7.04. The molecule has 0 radical (unpaired) electrons. The highest BCUT2D eigenvalue weighted by Crippen LogP contribution is 2.26. The first kappa shape index (κ1) is 15.4. The van der Waals surface area contributed by atoms with Crippen LogP contribution >= 0.6 is 0 Å². The Morgan fingerprint density at radius 1 is 1.29 bits per heavy atom. The number of hydrogen-bond acceptors (Lipinski definition) is 4. The highest BCUT2D eigenvalue weighted by atomic mass is 16.5. The Balaban J connectivity index is 1.88. The fourth-order valence-electron chi connectivity index (χ4n) is 2.43. The van der Waals surface area contributed by atoms with Crippen molar-refractivity contribution in [3.8, 4) is 5.75 Å². The van der Waals surface area contributed by atoms with Gasteiger partial charge in [0.15, 0.2) is 6.10 Å². The molecule has 1 aromatic rings. The molecule has 1 N–H and O–H groups in total. The van der Waals surface area contributed by atoms with Crippen molar-refractivity contribution in [3.63, 3.8) is 0 Å². The van der Waals surface area contributed by atoms with Crippen LogP contribution in [0.1, 0.15) is 32.6 Å². The average Bonchev–Trinajstić information content (AvgIpc) is 3.01. The summed E-state index contributed by atoms with van der Waals surface area (Å²) in [5.74, 6) is 0.0101. The van der Waals surface area contributed by atoms with E-state index in [-0.39, 0.29) is 17.8 Å². The van der Waals surface area contributed by atoms with Crippen LogP contribution in [0.3, 0.4) is 0 Å². The Morgan fingerprint density at radius 3 is 2.67 bits per heavy atom. The maximum absolute atomic E-state index is 12.0. The lowest BCUT2D eigenvalue weighted by molar-refractivity contribution is -0.157. The molecule has 1 aliphatic rings. The van der Waals surface area contributed by atoms with Crippen LogP contribution in [-0.2, 0) is 14.3 Å².